The van der Waals surface area contributed by atoms with Crippen LogP contribution in [0.3, 0.4) is 0 Å². The van der Waals surface area contributed by atoms with Crippen LogP contribution in [0.1, 0.15) is 27.3 Å². The SMILES string of the molecule is Cc1cc(C)n(-c2cccc(C(=O)NCc3ccc4c(c3)OCO4)c2)n1. The second kappa shape index (κ2) is 6.55. The Labute approximate surface area is 151 Å². The van der Waals surface area contributed by atoms with Crippen molar-refractivity contribution in [2.75, 3.05) is 6.79 Å². The maximum Gasteiger partial charge on any atom is 0.251 e. The molecule has 0 radical (unpaired) electrons. The molecule has 0 spiro atoms. The molecule has 3 aromatic rings. The summed E-state index contributed by atoms with van der Waals surface area (Å²) in [5.41, 5.74) is 4.39. The number of hydrogen-bond acceptors (Lipinski definition) is 4. The van der Waals surface area contributed by atoms with E-state index in [1.54, 1.807) is 6.07 Å². The van der Waals surface area contributed by atoms with E-state index in [2.05, 4.69) is 10.4 Å². The van der Waals surface area contributed by atoms with Crippen molar-refractivity contribution in [3.63, 3.8) is 0 Å². The molecule has 4 rings (SSSR count). The number of aryl methyl sites for hydroxylation is 2. The van der Waals surface area contributed by atoms with Gasteiger partial charge in [0.2, 0.25) is 6.79 Å². The Kier molecular flexibility index (Phi) is 4.08. The second-order valence-corrected chi connectivity index (χ2v) is 6.26. The summed E-state index contributed by atoms with van der Waals surface area (Å²) < 4.78 is 12.5. The Hall–Kier alpha value is -3.28. The Morgan fingerprint density at radius 3 is 2.77 bits per heavy atom. The van der Waals surface area contributed by atoms with Crippen molar-refractivity contribution in [3.05, 3.63) is 71.0 Å². The molecule has 1 N–H and O–H groups in total. The van der Waals surface area contributed by atoms with Crippen molar-refractivity contribution >= 4 is 5.91 Å². The fraction of sp³-hybridized carbons (Fsp3) is 0.200. The molecule has 0 atom stereocenters. The van der Waals surface area contributed by atoms with Crippen LogP contribution in [-0.4, -0.2) is 22.5 Å². The number of carbonyl (C=O) groups is 1. The van der Waals surface area contributed by atoms with E-state index in [0.29, 0.717) is 17.9 Å². The van der Waals surface area contributed by atoms with E-state index in [1.807, 2.05) is 61.0 Å². The summed E-state index contributed by atoms with van der Waals surface area (Å²) in [4.78, 5) is 12.5. The highest BCUT2D eigenvalue weighted by molar-refractivity contribution is 5.94. The minimum Gasteiger partial charge on any atom is -0.454 e. The van der Waals surface area contributed by atoms with Gasteiger partial charge in [-0.2, -0.15) is 5.10 Å². The zero-order valence-electron chi connectivity index (χ0n) is 14.7. The lowest BCUT2D eigenvalue weighted by Gasteiger charge is -2.09. The molecule has 1 amide bonds. The summed E-state index contributed by atoms with van der Waals surface area (Å²) in [6.07, 6.45) is 0. The number of hydrogen-bond donors (Lipinski definition) is 1. The van der Waals surface area contributed by atoms with E-state index in [1.165, 1.54) is 0 Å². The third-order valence-corrected chi connectivity index (χ3v) is 4.25. The molecule has 0 aliphatic carbocycles. The van der Waals surface area contributed by atoms with E-state index in [0.717, 1.165) is 28.4 Å². The van der Waals surface area contributed by atoms with Crippen LogP contribution in [0.4, 0.5) is 0 Å². The zero-order valence-corrected chi connectivity index (χ0v) is 14.7. The molecule has 2 heterocycles. The van der Waals surface area contributed by atoms with E-state index in [4.69, 9.17) is 9.47 Å². The predicted molar refractivity (Wildman–Crippen MR) is 96.8 cm³/mol. The van der Waals surface area contributed by atoms with Gasteiger partial charge in [-0.15, -0.1) is 0 Å². The minimum absolute atomic E-state index is 0.133. The highest BCUT2D eigenvalue weighted by Crippen LogP contribution is 2.32. The molecule has 0 saturated heterocycles. The molecule has 2 aromatic carbocycles. The fourth-order valence-corrected chi connectivity index (χ4v) is 3.00. The Morgan fingerprint density at radius 2 is 1.96 bits per heavy atom. The predicted octanol–water partition coefficient (Wildman–Crippen LogP) is 3.15. The number of fused-ring (bicyclic) bond motifs is 1. The van der Waals surface area contributed by atoms with Gasteiger partial charge < -0.3 is 14.8 Å². The van der Waals surface area contributed by atoms with Crippen molar-refractivity contribution in [1.29, 1.82) is 0 Å². The van der Waals surface area contributed by atoms with Gasteiger partial charge in [-0.25, -0.2) is 4.68 Å². The van der Waals surface area contributed by atoms with E-state index in [-0.39, 0.29) is 12.7 Å². The van der Waals surface area contributed by atoms with Gasteiger partial charge in [0.1, 0.15) is 0 Å². The molecule has 26 heavy (non-hydrogen) atoms. The number of ether oxygens (including phenoxy) is 2. The van der Waals surface area contributed by atoms with Gasteiger partial charge in [-0.1, -0.05) is 12.1 Å². The largest absolute Gasteiger partial charge is 0.454 e. The quantitative estimate of drug-likeness (QED) is 0.786. The Morgan fingerprint density at radius 1 is 1.12 bits per heavy atom. The third kappa shape index (κ3) is 3.13. The van der Waals surface area contributed by atoms with Crippen molar-refractivity contribution in [3.8, 4) is 17.2 Å². The van der Waals surface area contributed by atoms with Gasteiger partial charge in [-0.3, -0.25) is 4.79 Å². The molecule has 0 saturated carbocycles. The first-order chi connectivity index (χ1) is 12.6. The van der Waals surface area contributed by atoms with Gasteiger partial charge in [0.15, 0.2) is 11.5 Å². The van der Waals surface area contributed by atoms with Crippen LogP contribution >= 0.6 is 0 Å². The van der Waals surface area contributed by atoms with Crippen LogP contribution in [0.25, 0.3) is 5.69 Å². The summed E-state index contributed by atoms with van der Waals surface area (Å²) in [5, 5.41) is 7.41. The molecule has 6 heteroatoms. The first-order valence-corrected chi connectivity index (χ1v) is 8.40. The number of benzene rings is 2. The van der Waals surface area contributed by atoms with E-state index < -0.39 is 0 Å². The number of aromatic nitrogens is 2. The Balaban J connectivity index is 1.48. The normalized spacial score (nSPS) is 12.2. The van der Waals surface area contributed by atoms with Crippen LogP contribution in [0.15, 0.2) is 48.5 Å². The van der Waals surface area contributed by atoms with E-state index >= 15 is 0 Å². The molecule has 0 fully saturated rings. The minimum atomic E-state index is -0.133. The maximum absolute atomic E-state index is 12.5. The average Bonchev–Trinajstić information content (AvgIpc) is 3.25. The average molecular weight is 349 g/mol. The molecule has 132 valence electrons. The highest BCUT2D eigenvalue weighted by Gasteiger charge is 2.14. The standard InChI is InChI=1S/C20H19N3O3/c1-13-8-14(2)23(22-13)17-5-3-4-16(10-17)20(24)21-11-15-6-7-18-19(9-15)26-12-25-18/h3-10H,11-12H2,1-2H3,(H,21,24). The summed E-state index contributed by atoms with van der Waals surface area (Å²) >= 11 is 0. The highest BCUT2D eigenvalue weighted by atomic mass is 16.7. The van der Waals surface area contributed by atoms with Crippen LogP contribution in [-0.2, 0) is 6.54 Å². The van der Waals surface area contributed by atoms with Crippen LogP contribution in [0.5, 0.6) is 11.5 Å². The summed E-state index contributed by atoms with van der Waals surface area (Å²) in [6.45, 7) is 4.60. The molecule has 1 aliphatic heterocycles. The van der Waals surface area contributed by atoms with E-state index in [9.17, 15) is 4.79 Å². The zero-order chi connectivity index (χ0) is 18.1. The van der Waals surface area contributed by atoms with Gasteiger partial charge in [-0.05, 0) is 55.8 Å². The van der Waals surface area contributed by atoms with Crippen molar-refractivity contribution in [2.45, 2.75) is 20.4 Å². The summed E-state index contributed by atoms with van der Waals surface area (Å²) in [6, 6.07) is 15.1. The summed E-state index contributed by atoms with van der Waals surface area (Å²) in [5.74, 6) is 1.31. The van der Waals surface area contributed by atoms with Crippen molar-refractivity contribution < 1.29 is 14.3 Å². The second-order valence-electron chi connectivity index (χ2n) is 6.26. The number of nitrogens with zero attached hydrogens (tertiary/aromatic N) is 2. The van der Waals surface area contributed by atoms with Crippen molar-refractivity contribution in [2.24, 2.45) is 0 Å². The summed E-state index contributed by atoms with van der Waals surface area (Å²) in [7, 11) is 0. The van der Waals surface area contributed by atoms with Gasteiger partial charge in [0.25, 0.3) is 5.91 Å². The lowest BCUT2D eigenvalue weighted by Crippen LogP contribution is -2.23. The van der Waals surface area contributed by atoms with Gasteiger partial charge >= 0.3 is 0 Å². The fourth-order valence-electron chi connectivity index (χ4n) is 3.00. The number of carbonyl (C=O) groups excluding carboxylic acids is 1. The van der Waals surface area contributed by atoms with Crippen LogP contribution < -0.4 is 14.8 Å². The van der Waals surface area contributed by atoms with Gasteiger partial charge in [0, 0.05) is 17.8 Å². The monoisotopic (exact) mass is 349 g/mol. The third-order valence-electron chi connectivity index (χ3n) is 4.25. The first kappa shape index (κ1) is 16.2. The molecule has 1 aromatic heterocycles. The molecule has 1 aliphatic rings. The number of nitrogens with one attached hydrogen (secondary N) is 1. The van der Waals surface area contributed by atoms with Crippen LogP contribution in [0.2, 0.25) is 0 Å². The first-order valence-electron chi connectivity index (χ1n) is 8.40. The number of amides is 1. The number of rotatable bonds is 4. The van der Waals surface area contributed by atoms with Crippen molar-refractivity contribution in [1.82, 2.24) is 15.1 Å². The molecular weight excluding hydrogens is 330 g/mol. The smallest absolute Gasteiger partial charge is 0.251 e. The maximum atomic E-state index is 12.5. The lowest BCUT2D eigenvalue weighted by atomic mass is 10.1. The Bertz CT molecular complexity index is 978. The lowest BCUT2D eigenvalue weighted by molar-refractivity contribution is 0.0951. The molecule has 0 unspecified atom stereocenters. The molecule has 0 bridgehead atoms. The molecule has 6 nitrogen and oxygen atoms in total. The van der Waals surface area contributed by atoms with Gasteiger partial charge in [0.05, 0.1) is 11.4 Å². The van der Waals surface area contributed by atoms with Crippen LogP contribution in [0, 0.1) is 13.8 Å². The molecular formula is C20H19N3O3. The topological polar surface area (TPSA) is 65.4 Å².